The predicted molar refractivity (Wildman–Crippen MR) is 212 cm³/mol. The van der Waals surface area contributed by atoms with E-state index < -0.39 is 12.0 Å². The maximum atomic E-state index is 13.5. The van der Waals surface area contributed by atoms with E-state index in [1.165, 1.54) is 23.5 Å². The van der Waals surface area contributed by atoms with E-state index >= 15 is 0 Å². The van der Waals surface area contributed by atoms with Crippen molar-refractivity contribution in [3.05, 3.63) is 118 Å². The number of benzene rings is 4. The van der Waals surface area contributed by atoms with Crippen LogP contribution in [0.2, 0.25) is 0 Å². The first-order valence-electron chi connectivity index (χ1n) is 19.1. The third kappa shape index (κ3) is 10.3. The lowest BCUT2D eigenvalue weighted by Crippen LogP contribution is -2.44. The maximum absolute atomic E-state index is 13.5. The first kappa shape index (κ1) is 38.5. The summed E-state index contributed by atoms with van der Waals surface area (Å²) in [5, 5.41) is 12.6. The number of piperidine rings is 1. The Bertz CT molecular complexity index is 2030. The number of aromatic nitrogens is 1. The highest BCUT2D eigenvalue weighted by Crippen LogP contribution is 2.33. The molecule has 0 amide bonds. The fraction of sp³-hybridized carbons (Fsp3) is 0.364. The van der Waals surface area contributed by atoms with E-state index in [0.29, 0.717) is 44.2 Å². The number of ether oxygens (including phenoxy) is 4. The molecule has 0 bridgehead atoms. The molecule has 0 aliphatic carbocycles. The van der Waals surface area contributed by atoms with Gasteiger partial charge >= 0.3 is 5.97 Å². The fourth-order valence-electron chi connectivity index (χ4n) is 7.21. The van der Waals surface area contributed by atoms with Crippen molar-refractivity contribution in [2.24, 2.45) is 0 Å². The molecule has 0 radical (unpaired) electrons. The van der Waals surface area contributed by atoms with Crippen LogP contribution in [0.1, 0.15) is 47.4 Å². The largest absolute Gasteiger partial charge is 0.494 e. The van der Waals surface area contributed by atoms with Crippen molar-refractivity contribution >= 4 is 17.3 Å². The van der Waals surface area contributed by atoms with Crippen LogP contribution in [0.25, 0.3) is 22.4 Å². The monoisotopic (exact) mass is 765 g/mol. The Kier molecular flexibility index (Phi) is 13.1. The van der Waals surface area contributed by atoms with Gasteiger partial charge in [-0.25, -0.2) is 9.37 Å². The van der Waals surface area contributed by atoms with Gasteiger partial charge in [-0.1, -0.05) is 42.8 Å². The van der Waals surface area contributed by atoms with Crippen molar-refractivity contribution in [3.63, 3.8) is 0 Å². The molecule has 0 unspecified atom stereocenters. The second-order valence-corrected chi connectivity index (χ2v) is 15.0. The quantitative estimate of drug-likeness (QED) is 0.0992. The zero-order chi connectivity index (χ0) is 38.0. The number of aliphatic carboxylic acids is 1. The third-order valence-electron chi connectivity index (χ3n) is 10.3. The van der Waals surface area contributed by atoms with Crippen molar-refractivity contribution in [1.82, 2.24) is 14.8 Å². The number of hydrogen-bond donors (Lipinski definition) is 1. The number of carbonyl (C=O) groups is 1. The normalized spacial score (nSPS) is 16.5. The number of likely N-dealkylation sites (tertiary alicyclic amines) is 1. The molecule has 11 heteroatoms. The summed E-state index contributed by atoms with van der Waals surface area (Å²) in [6.07, 6.45) is 3.45. The van der Waals surface area contributed by atoms with Crippen LogP contribution in [0.15, 0.2) is 90.3 Å². The number of halogens is 1. The molecule has 0 saturated carbocycles. The summed E-state index contributed by atoms with van der Waals surface area (Å²) in [6.45, 7) is 9.11. The number of rotatable bonds is 16. The summed E-state index contributed by atoms with van der Waals surface area (Å²) < 4.78 is 37.9. The molecule has 7 rings (SSSR count). The topological polar surface area (TPSA) is 93.6 Å². The summed E-state index contributed by atoms with van der Waals surface area (Å²) in [4.78, 5) is 21.3. The molecular formula is C44H48FN3O6S. The molecule has 55 heavy (non-hydrogen) atoms. The van der Waals surface area contributed by atoms with Gasteiger partial charge in [0.1, 0.15) is 47.3 Å². The molecule has 2 saturated heterocycles. The second kappa shape index (κ2) is 18.7. The first-order valence-corrected chi connectivity index (χ1v) is 19.9. The standard InChI is InChI=1S/C44H48FN3O6S/c1-31-35(8-5-10-39(31)33-7-4-9-37(25-33)52-22-6-18-47-20-23-51-24-21-47)28-53-38-17-14-34(27-48-19-3-2-11-41(48)44(49)50)42(26-38)54-29-43-46-40(30-55-43)32-12-15-36(45)16-13-32/h4-5,7-10,12-17,25-26,30,41H,2-3,6,11,18-24,27-29H2,1H3,(H,49,50)/t41-/m0/s1. The zero-order valence-corrected chi connectivity index (χ0v) is 32.1. The molecule has 3 heterocycles. The first-order chi connectivity index (χ1) is 26.9. The highest BCUT2D eigenvalue weighted by Gasteiger charge is 2.29. The Morgan fingerprint density at radius 1 is 0.891 bits per heavy atom. The molecule has 9 nitrogen and oxygen atoms in total. The Labute approximate surface area is 326 Å². The Morgan fingerprint density at radius 2 is 1.71 bits per heavy atom. The van der Waals surface area contributed by atoms with Crippen molar-refractivity contribution in [3.8, 4) is 39.6 Å². The van der Waals surface area contributed by atoms with Gasteiger partial charge in [0.25, 0.3) is 0 Å². The van der Waals surface area contributed by atoms with E-state index in [1.54, 1.807) is 12.1 Å². The molecule has 1 N–H and O–H groups in total. The van der Waals surface area contributed by atoms with E-state index in [2.05, 4.69) is 42.2 Å². The third-order valence-corrected chi connectivity index (χ3v) is 11.2. The van der Waals surface area contributed by atoms with Crippen LogP contribution in [-0.4, -0.2) is 77.9 Å². The van der Waals surface area contributed by atoms with Crippen molar-refractivity contribution in [2.45, 2.75) is 58.4 Å². The van der Waals surface area contributed by atoms with Gasteiger partial charge in [0, 0.05) is 48.8 Å². The number of hydrogen-bond acceptors (Lipinski definition) is 9. The van der Waals surface area contributed by atoms with E-state index in [1.807, 2.05) is 40.6 Å². The number of carboxylic acids is 1. The van der Waals surface area contributed by atoms with Gasteiger partial charge in [-0.2, -0.15) is 0 Å². The molecule has 5 aromatic rings. The highest BCUT2D eigenvalue weighted by atomic mass is 32.1. The maximum Gasteiger partial charge on any atom is 0.320 e. The number of morpholine rings is 1. The van der Waals surface area contributed by atoms with Crippen LogP contribution in [0.4, 0.5) is 4.39 Å². The smallest absolute Gasteiger partial charge is 0.320 e. The van der Waals surface area contributed by atoms with Crippen LogP contribution >= 0.6 is 11.3 Å². The zero-order valence-electron chi connectivity index (χ0n) is 31.3. The minimum atomic E-state index is -0.797. The lowest BCUT2D eigenvalue weighted by Gasteiger charge is -2.33. The highest BCUT2D eigenvalue weighted by molar-refractivity contribution is 7.09. The van der Waals surface area contributed by atoms with E-state index in [-0.39, 0.29) is 12.4 Å². The Balaban J connectivity index is 1.03. The Hall–Kier alpha value is -4.81. The molecular weight excluding hydrogens is 718 g/mol. The molecule has 1 atom stereocenters. The minimum absolute atomic E-state index is 0.225. The Morgan fingerprint density at radius 3 is 2.55 bits per heavy atom. The lowest BCUT2D eigenvalue weighted by molar-refractivity contribution is -0.144. The van der Waals surface area contributed by atoms with Crippen LogP contribution < -0.4 is 14.2 Å². The van der Waals surface area contributed by atoms with Gasteiger partial charge in [0.2, 0.25) is 0 Å². The van der Waals surface area contributed by atoms with E-state index in [4.69, 9.17) is 23.9 Å². The summed E-state index contributed by atoms with van der Waals surface area (Å²) in [6, 6.07) is 26.1. The SMILES string of the molecule is Cc1c(COc2ccc(CN3CCCC[C@H]3C(=O)O)c(OCc3nc(-c4ccc(F)cc4)cs3)c2)cccc1-c1cccc(OCCCN2CCOCC2)c1. The van der Waals surface area contributed by atoms with Gasteiger partial charge in [0.05, 0.1) is 25.5 Å². The predicted octanol–water partition coefficient (Wildman–Crippen LogP) is 8.62. The van der Waals surface area contributed by atoms with Gasteiger partial charge in [-0.15, -0.1) is 11.3 Å². The van der Waals surface area contributed by atoms with Crippen LogP contribution in [0.5, 0.6) is 17.2 Å². The molecule has 4 aromatic carbocycles. The number of nitrogens with zero attached hydrogens (tertiary/aromatic N) is 3. The van der Waals surface area contributed by atoms with Crippen molar-refractivity contribution in [1.29, 1.82) is 0 Å². The average Bonchev–Trinajstić information content (AvgIpc) is 3.69. The summed E-state index contributed by atoms with van der Waals surface area (Å²) in [7, 11) is 0. The van der Waals surface area contributed by atoms with Crippen molar-refractivity contribution in [2.75, 3.05) is 46.0 Å². The van der Waals surface area contributed by atoms with E-state index in [9.17, 15) is 14.3 Å². The summed E-state index contributed by atoms with van der Waals surface area (Å²) >= 11 is 1.47. The van der Waals surface area contributed by atoms with Crippen LogP contribution in [0, 0.1) is 12.7 Å². The van der Waals surface area contributed by atoms with Gasteiger partial charge in [-0.05, 0) is 97.4 Å². The van der Waals surface area contributed by atoms with Gasteiger partial charge in [-0.3, -0.25) is 14.6 Å². The molecule has 0 spiro atoms. The van der Waals surface area contributed by atoms with Crippen molar-refractivity contribution < 1.29 is 33.2 Å². The summed E-state index contributed by atoms with van der Waals surface area (Å²) in [5.74, 6) is 1.04. The lowest BCUT2D eigenvalue weighted by atomic mass is 9.96. The molecule has 2 fully saturated rings. The molecule has 1 aromatic heterocycles. The van der Waals surface area contributed by atoms with Gasteiger partial charge in [0.15, 0.2) is 0 Å². The minimum Gasteiger partial charge on any atom is -0.494 e. The average molecular weight is 766 g/mol. The number of thiazole rings is 1. The molecule has 2 aliphatic rings. The van der Waals surface area contributed by atoms with Crippen LogP contribution in [0.3, 0.4) is 0 Å². The number of carboxylic acid groups (broad SMARTS) is 1. The van der Waals surface area contributed by atoms with Gasteiger partial charge < -0.3 is 24.1 Å². The van der Waals surface area contributed by atoms with Crippen LogP contribution in [-0.2, 0) is 29.3 Å². The summed E-state index contributed by atoms with van der Waals surface area (Å²) in [5.41, 5.74) is 6.89. The molecule has 288 valence electrons. The van der Waals surface area contributed by atoms with E-state index in [0.717, 1.165) is 102 Å². The molecule has 2 aliphatic heterocycles. The second-order valence-electron chi connectivity index (χ2n) is 14.1. The fourth-order valence-corrected chi connectivity index (χ4v) is 7.92.